The average molecular weight is 271 g/mol. The van der Waals surface area contributed by atoms with Gasteiger partial charge < -0.3 is 16.4 Å². The first-order chi connectivity index (χ1) is 9.67. The van der Waals surface area contributed by atoms with Gasteiger partial charge in [-0.3, -0.25) is 0 Å². The molecule has 1 aromatic carbocycles. The minimum Gasteiger partial charge on any atom is -0.370 e. The van der Waals surface area contributed by atoms with Crippen LogP contribution in [0.15, 0.2) is 30.3 Å². The molecule has 2 rings (SSSR count). The van der Waals surface area contributed by atoms with E-state index in [0.717, 1.165) is 24.6 Å². The standard InChI is InChI=1S/C15H21N5/c1-3-7-17-13-9-14(20-15(16)19-13)18-10-12-6-4-5-11(2)8-12/h4-6,8-9H,3,7,10H2,1-2H3,(H4,16,17,18,19,20). The number of hydrogen-bond donors (Lipinski definition) is 3. The van der Waals surface area contributed by atoms with Gasteiger partial charge in [0.1, 0.15) is 11.6 Å². The minimum absolute atomic E-state index is 0.276. The van der Waals surface area contributed by atoms with Crippen molar-refractivity contribution in [3.63, 3.8) is 0 Å². The van der Waals surface area contributed by atoms with Gasteiger partial charge in [-0.25, -0.2) is 0 Å². The summed E-state index contributed by atoms with van der Waals surface area (Å²) in [6.45, 7) is 5.77. The molecule has 0 aliphatic rings. The zero-order valence-electron chi connectivity index (χ0n) is 12.0. The van der Waals surface area contributed by atoms with Crippen molar-refractivity contribution in [2.24, 2.45) is 0 Å². The zero-order chi connectivity index (χ0) is 14.4. The number of nitrogen functional groups attached to an aromatic ring is 1. The Kier molecular flexibility index (Phi) is 4.76. The van der Waals surface area contributed by atoms with Gasteiger partial charge in [0.25, 0.3) is 0 Å². The van der Waals surface area contributed by atoms with E-state index in [2.05, 4.69) is 58.7 Å². The summed E-state index contributed by atoms with van der Waals surface area (Å²) in [4.78, 5) is 8.35. The third-order valence-electron chi connectivity index (χ3n) is 2.86. The van der Waals surface area contributed by atoms with Crippen LogP contribution in [-0.2, 0) is 6.54 Å². The van der Waals surface area contributed by atoms with E-state index in [1.807, 2.05) is 6.07 Å². The van der Waals surface area contributed by atoms with E-state index in [-0.39, 0.29) is 5.95 Å². The molecule has 0 amide bonds. The number of rotatable bonds is 6. The van der Waals surface area contributed by atoms with Gasteiger partial charge in [-0.05, 0) is 18.9 Å². The molecule has 0 aliphatic carbocycles. The third-order valence-corrected chi connectivity index (χ3v) is 2.86. The number of aromatic nitrogens is 2. The molecule has 0 spiro atoms. The number of nitrogens with zero attached hydrogens (tertiary/aromatic N) is 2. The van der Waals surface area contributed by atoms with Crippen LogP contribution in [0.25, 0.3) is 0 Å². The maximum absolute atomic E-state index is 5.72. The van der Waals surface area contributed by atoms with Gasteiger partial charge in [0, 0.05) is 19.2 Å². The van der Waals surface area contributed by atoms with Gasteiger partial charge in [-0.2, -0.15) is 9.97 Å². The Morgan fingerprint density at radius 3 is 2.55 bits per heavy atom. The Labute approximate surface area is 119 Å². The summed E-state index contributed by atoms with van der Waals surface area (Å²) < 4.78 is 0. The number of aryl methyl sites for hydroxylation is 1. The maximum atomic E-state index is 5.72. The molecule has 0 unspecified atom stereocenters. The van der Waals surface area contributed by atoms with Crippen molar-refractivity contribution in [1.29, 1.82) is 0 Å². The quantitative estimate of drug-likeness (QED) is 0.753. The highest BCUT2D eigenvalue weighted by atomic mass is 15.1. The summed E-state index contributed by atoms with van der Waals surface area (Å²) >= 11 is 0. The van der Waals surface area contributed by atoms with Gasteiger partial charge in [0.05, 0.1) is 0 Å². The Balaban J connectivity index is 2.03. The van der Waals surface area contributed by atoms with Crippen LogP contribution in [0, 0.1) is 6.92 Å². The van der Waals surface area contributed by atoms with Crippen LogP contribution in [0.3, 0.4) is 0 Å². The van der Waals surface area contributed by atoms with Crippen LogP contribution in [-0.4, -0.2) is 16.5 Å². The maximum Gasteiger partial charge on any atom is 0.223 e. The highest BCUT2D eigenvalue weighted by Crippen LogP contribution is 2.14. The molecule has 0 saturated heterocycles. The van der Waals surface area contributed by atoms with E-state index in [1.54, 1.807) is 0 Å². The van der Waals surface area contributed by atoms with E-state index in [1.165, 1.54) is 11.1 Å². The lowest BCUT2D eigenvalue weighted by molar-refractivity contribution is 0.965. The molecular formula is C15H21N5. The molecule has 1 heterocycles. The monoisotopic (exact) mass is 271 g/mol. The van der Waals surface area contributed by atoms with Gasteiger partial charge in [-0.15, -0.1) is 0 Å². The van der Waals surface area contributed by atoms with Crippen molar-refractivity contribution in [2.75, 3.05) is 22.9 Å². The first-order valence-corrected chi connectivity index (χ1v) is 6.85. The van der Waals surface area contributed by atoms with Crippen LogP contribution in [0.1, 0.15) is 24.5 Å². The van der Waals surface area contributed by atoms with Crippen LogP contribution in [0.4, 0.5) is 17.6 Å². The summed E-state index contributed by atoms with van der Waals surface area (Å²) in [6, 6.07) is 10.2. The molecule has 20 heavy (non-hydrogen) atoms. The molecule has 4 N–H and O–H groups in total. The average Bonchev–Trinajstić information content (AvgIpc) is 2.42. The predicted molar refractivity (Wildman–Crippen MR) is 83.7 cm³/mol. The fourth-order valence-corrected chi connectivity index (χ4v) is 1.91. The Morgan fingerprint density at radius 2 is 1.85 bits per heavy atom. The van der Waals surface area contributed by atoms with Crippen molar-refractivity contribution in [2.45, 2.75) is 26.8 Å². The molecule has 2 aromatic rings. The van der Waals surface area contributed by atoms with E-state index < -0.39 is 0 Å². The van der Waals surface area contributed by atoms with E-state index >= 15 is 0 Å². The minimum atomic E-state index is 0.276. The summed E-state index contributed by atoms with van der Waals surface area (Å²) in [5, 5.41) is 6.49. The Morgan fingerprint density at radius 1 is 1.10 bits per heavy atom. The number of benzene rings is 1. The van der Waals surface area contributed by atoms with Crippen LogP contribution >= 0.6 is 0 Å². The van der Waals surface area contributed by atoms with Crippen molar-refractivity contribution >= 4 is 17.6 Å². The molecule has 0 aliphatic heterocycles. The molecule has 0 saturated carbocycles. The summed E-state index contributed by atoms with van der Waals surface area (Å²) in [6.07, 6.45) is 1.04. The highest BCUT2D eigenvalue weighted by Gasteiger charge is 2.02. The second kappa shape index (κ2) is 6.75. The molecule has 0 bridgehead atoms. The van der Waals surface area contributed by atoms with Gasteiger partial charge >= 0.3 is 0 Å². The normalized spacial score (nSPS) is 10.3. The molecule has 0 fully saturated rings. The second-order valence-corrected chi connectivity index (χ2v) is 4.77. The summed E-state index contributed by atoms with van der Waals surface area (Å²) in [5.41, 5.74) is 8.18. The molecule has 0 atom stereocenters. The number of hydrogen-bond acceptors (Lipinski definition) is 5. The molecular weight excluding hydrogens is 250 g/mol. The summed E-state index contributed by atoms with van der Waals surface area (Å²) in [5.74, 6) is 1.77. The van der Waals surface area contributed by atoms with Gasteiger partial charge in [0.2, 0.25) is 5.95 Å². The van der Waals surface area contributed by atoms with Crippen molar-refractivity contribution in [3.05, 3.63) is 41.5 Å². The lowest BCUT2D eigenvalue weighted by Gasteiger charge is -2.10. The van der Waals surface area contributed by atoms with Crippen molar-refractivity contribution < 1.29 is 0 Å². The third kappa shape index (κ3) is 4.12. The van der Waals surface area contributed by atoms with Crippen molar-refractivity contribution in [1.82, 2.24) is 9.97 Å². The van der Waals surface area contributed by atoms with E-state index in [4.69, 9.17) is 5.73 Å². The zero-order valence-corrected chi connectivity index (χ0v) is 12.0. The lowest BCUT2D eigenvalue weighted by Crippen LogP contribution is -2.08. The lowest BCUT2D eigenvalue weighted by atomic mass is 10.1. The number of nitrogens with two attached hydrogens (primary N) is 1. The number of anilines is 3. The molecule has 5 nitrogen and oxygen atoms in total. The van der Waals surface area contributed by atoms with Crippen LogP contribution in [0.2, 0.25) is 0 Å². The fourth-order valence-electron chi connectivity index (χ4n) is 1.91. The predicted octanol–water partition coefficient (Wildman–Crippen LogP) is 2.80. The first-order valence-electron chi connectivity index (χ1n) is 6.85. The topological polar surface area (TPSA) is 75.9 Å². The molecule has 5 heteroatoms. The van der Waals surface area contributed by atoms with E-state index in [9.17, 15) is 0 Å². The number of nitrogens with one attached hydrogen (secondary N) is 2. The smallest absolute Gasteiger partial charge is 0.223 e. The SMILES string of the molecule is CCCNc1cc(NCc2cccc(C)c2)nc(N)n1. The van der Waals surface area contributed by atoms with E-state index in [0.29, 0.717) is 6.54 Å². The first kappa shape index (κ1) is 14.1. The Hall–Kier alpha value is -2.30. The van der Waals surface area contributed by atoms with Gasteiger partial charge in [-0.1, -0.05) is 36.8 Å². The van der Waals surface area contributed by atoms with Crippen LogP contribution in [0.5, 0.6) is 0 Å². The van der Waals surface area contributed by atoms with Crippen molar-refractivity contribution in [3.8, 4) is 0 Å². The molecule has 0 radical (unpaired) electrons. The molecule has 1 aromatic heterocycles. The Bertz CT molecular complexity index is 568. The largest absolute Gasteiger partial charge is 0.370 e. The highest BCUT2D eigenvalue weighted by molar-refractivity contribution is 5.51. The second-order valence-electron chi connectivity index (χ2n) is 4.77. The van der Waals surface area contributed by atoms with Gasteiger partial charge in [0.15, 0.2) is 0 Å². The fraction of sp³-hybridized carbons (Fsp3) is 0.333. The summed E-state index contributed by atoms with van der Waals surface area (Å²) in [7, 11) is 0. The van der Waals surface area contributed by atoms with Crippen LogP contribution < -0.4 is 16.4 Å². The molecule has 106 valence electrons.